The van der Waals surface area contributed by atoms with Crippen LogP contribution in [-0.2, 0) is 24.5 Å². The van der Waals surface area contributed by atoms with E-state index in [4.69, 9.17) is 0 Å². The van der Waals surface area contributed by atoms with Crippen molar-refractivity contribution in [3.63, 3.8) is 0 Å². The molecule has 6 unspecified atom stereocenters. The molecule has 4 bridgehead atoms. The van der Waals surface area contributed by atoms with Gasteiger partial charge in [-0.05, 0) is 61.7 Å². The third kappa shape index (κ3) is 6.44. The number of aldehydes is 1. The number of hydrogen-bond acceptors (Lipinski definition) is 6. The summed E-state index contributed by atoms with van der Waals surface area (Å²) in [6.07, 6.45) is 10.7. The van der Waals surface area contributed by atoms with Gasteiger partial charge in [0.05, 0.1) is 0 Å². The molecule has 0 aromatic heterocycles. The second-order valence-electron chi connectivity index (χ2n) is 9.03. The molecule has 2 saturated carbocycles. The first-order chi connectivity index (χ1) is 16.0. The topological polar surface area (TPSA) is 97.7 Å². The Labute approximate surface area is 201 Å². The van der Waals surface area contributed by atoms with E-state index in [0.717, 1.165) is 18.6 Å². The maximum absolute atomic E-state index is 12.6. The van der Waals surface area contributed by atoms with Crippen molar-refractivity contribution in [3.8, 4) is 0 Å². The van der Waals surface area contributed by atoms with E-state index in [2.05, 4.69) is 24.7 Å². The minimum absolute atomic E-state index is 0.0622. The van der Waals surface area contributed by atoms with Crippen molar-refractivity contribution >= 4 is 33.6 Å². The van der Waals surface area contributed by atoms with Crippen molar-refractivity contribution in [1.29, 1.82) is 0 Å². The summed E-state index contributed by atoms with van der Waals surface area (Å²) in [7, 11) is -7.03. The molecule has 6 atom stereocenters. The molecule has 1 radical (unpaired) electrons. The standard InChI is InChI=1S/C11H12F6O4S2.C8H10O.CH3BN/c12-10(13,14)22(18,19)9(23(20,21)11(15,16)17)5-8-4-6-1-2-7(8)3-6;9-5-8-4-6-1-2-7(8)3-6;1-3-2/h1-2,6-9H,3-5H2;1-2,5-8H,3-4H2;1H3. The van der Waals surface area contributed by atoms with Crippen LogP contribution in [0, 0.1) is 35.5 Å². The second kappa shape index (κ2) is 10.9. The van der Waals surface area contributed by atoms with Gasteiger partial charge in [-0.25, -0.2) is 16.8 Å². The summed E-state index contributed by atoms with van der Waals surface area (Å²) in [4.78, 5) is 13.4. The Hall–Kier alpha value is -1.51. The molecular weight excluding hydrogens is 523 g/mol. The third-order valence-corrected chi connectivity index (χ3v) is 11.3. The van der Waals surface area contributed by atoms with Crippen molar-refractivity contribution < 1.29 is 48.0 Å². The first-order valence-corrected chi connectivity index (χ1v) is 13.8. The van der Waals surface area contributed by atoms with Crippen molar-refractivity contribution in [2.24, 2.45) is 40.4 Å². The van der Waals surface area contributed by atoms with Crippen LogP contribution in [0.1, 0.15) is 32.1 Å². The molecule has 0 aromatic rings. The summed E-state index contributed by atoms with van der Waals surface area (Å²) in [5, 5.41) is 0. The Morgan fingerprint density at radius 3 is 1.54 bits per heavy atom. The fourth-order valence-electron chi connectivity index (χ4n) is 5.11. The molecule has 4 rings (SSSR count). The molecule has 0 saturated heterocycles. The maximum atomic E-state index is 12.6. The average Bonchev–Trinajstić information content (AvgIpc) is 3.52. The molecule has 0 heterocycles. The number of halogens is 6. The van der Waals surface area contributed by atoms with E-state index in [9.17, 15) is 48.0 Å². The first kappa shape index (κ1) is 29.7. The molecule has 0 amide bonds. The van der Waals surface area contributed by atoms with Crippen molar-refractivity contribution in [3.05, 3.63) is 24.3 Å². The molecule has 35 heavy (non-hydrogen) atoms. The first-order valence-electron chi connectivity index (χ1n) is 10.7. The summed E-state index contributed by atoms with van der Waals surface area (Å²) < 4.78 is 118. The fraction of sp³-hybridized carbons (Fsp3) is 0.750. The Balaban J connectivity index is 0.000000294. The minimum atomic E-state index is -6.52. The van der Waals surface area contributed by atoms with Gasteiger partial charge in [0.1, 0.15) is 6.29 Å². The zero-order chi connectivity index (χ0) is 26.8. The van der Waals surface area contributed by atoms with Crippen LogP contribution >= 0.6 is 0 Å². The predicted octanol–water partition coefficient (Wildman–Crippen LogP) is 4.15. The van der Waals surface area contributed by atoms with Gasteiger partial charge in [-0.1, -0.05) is 24.3 Å². The van der Waals surface area contributed by atoms with Crippen LogP contribution in [-0.4, -0.2) is 53.4 Å². The van der Waals surface area contributed by atoms with Crippen LogP contribution in [0.25, 0.3) is 0 Å². The number of carbonyl (C=O) groups excluding carboxylic acids is 1. The Kier molecular flexibility index (Phi) is 9.22. The van der Waals surface area contributed by atoms with Crippen LogP contribution in [0.2, 0.25) is 0 Å². The number of sulfone groups is 2. The quantitative estimate of drug-likeness (QED) is 0.223. The molecular formula is C20H25BF6NO5S2. The number of hydrogen-bond donors (Lipinski definition) is 0. The molecule has 6 nitrogen and oxygen atoms in total. The van der Waals surface area contributed by atoms with E-state index in [-0.39, 0.29) is 12.3 Å². The van der Waals surface area contributed by atoms with Gasteiger partial charge in [0, 0.05) is 5.92 Å². The van der Waals surface area contributed by atoms with E-state index in [1.807, 2.05) is 0 Å². The van der Waals surface area contributed by atoms with Gasteiger partial charge in [-0.3, -0.25) is 0 Å². The van der Waals surface area contributed by atoms with E-state index in [1.54, 1.807) is 12.2 Å². The normalized spacial score (nSPS) is 31.1. The van der Waals surface area contributed by atoms with Crippen molar-refractivity contribution in [1.82, 2.24) is 0 Å². The fourth-order valence-corrected chi connectivity index (χ4v) is 8.70. The van der Waals surface area contributed by atoms with E-state index in [0.29, 0.717) is 18.3 Å². The van der Waals surface area contributed by atoms with Crippen LogP contribution in [0.3, 0.4) is 0 Å². The van der Waals surface area contributed by atoms with Crippen LogP contribution in [0.4, 0.5) is 26.3 Å². The number of alkyl halides is 6. The van der Waals surface area contributed by atoms with Crippen LogP contribution in [0.15, 0.2) is 29.2 Å². The monoisotopic (exact) mass is 548 g/mol. The number of allylic oxidation sites excluding steroid dienone is 4. The van der Waals surface area contributed by atoms with E-state index < -0.39 is 53.5 Å². The number of nitrogens with zero attached hydrogens (tertiary/aromatic N) is 1. The van der Waals surface area contributed by atoms with Crippen molar-refractivity contribution in [2.45, 2.75) is 47.7 Å². The van der Waals surface area contributed by atoms with Crippen LogP contribution < -0.4 is 0 Å². The zero-order valence-corrected chi connectivity index (χ0v) is 20.2. The van der Waals surface area contributed by atoms with Gasteiger partial charge in [0.25, 0.3) is 19.7 Å². The van der Waals surface area contributed by atoms with Gasteiger partial charge >= 0.3 is 30.6 Å². The Morgan fingerprint density at radius 1 is 0.857 bits per heavy atom. The molecule has 0 spiro atoms. The van der Waals surface area contributed by atoms with E-state index in [1.165, 1.54) is 13.5 Å². The summed E-state index contributed by atoms with van der Waals surface area (Å²) in [5.41, 5.74) is -12.2. The summed E-state index contributed by atoms with van der Waals surface area (Å²) in [5.74, 6) is 0.407. The molecule has 0 aromatic carbocycles. The summed E-state index contributed by atoms with van der Waals surface area (Å²) >= 11 is 0. The SMILES string of the molecule is O=CC1CC2C=CC1C2.O=S(=O)(C(CC1CC2C=CC1C2)S(=O)(=O)C(F)(F)F)C(F)(F)F.[B]=NC. The molecule has 2 fully saturated rings. The van der Waals surface area contributed by atoms with Crippen LogP contribution in [0.5, 0.6) is 0 Å². The zero-order valence-electron chi connectivity index (χ0n) is 18.6. The summed E-state index contributed by atoms with van der Waals surface area (Å²) in [6, 6.07) is 0. The van der Waals surface area contributed by atoms with Gasteiger partial charge < -0.3 is 4.79 Å². The Morgan fingerprint density at radius 2 is 1.29 bits per heavy atom. The van der Waals surface area contributed by atoms with Gasteiger partial charge in [0.15, 0.2) is 4.58 Å². The molecule has 4 aliphatic carbocycles. The molecule has 15 heteroatoms. The Bertz CT molecular complexity index is 1010. The predicted molar refractivity (Wildman–Crippen MR) is 116 cm³/mol. The van der Waals surface area contributed by atoms with Gasteiger partial charge in [0.2, 0.25) is 0 Å². The molecule has 197 valence electrons. The van der Waals surface area contributed by atoms with Gasteiger partial charge in [-0.15, -0.1) is 0 Å². The second-order valence-corrected chi connectivity index (χ2v) is 13.6. The average molecular weight is 548 g/mol. The molecule has 0 aliphatic heterocycles. The summed E-state index contributed by atoms with van der Waals surface area (Å²) in [6.45, 7) is 0. The number of carbonyl (C=O) groups is 1. The van der Waals surface area contributed by atoms with Crippen molar-refractivity contribution in [2.75, 3.05) is 7.05 Å². The van der Waals surface area contributed by atoms with Gasteiger partial charge in [-0.2, -0.15) is 26.3 Å². The molecule has 0 N–H and O–H groups in total. The number of rotatable bonds is 5. The number of fused-ring (bicyclic) bond motifs is 4. The third-order valence-electron chi connectivity index (χ3n) is 6.75. The van der Waals surface area contributed by atoms with E-state index >= 15 is 0 Å². The molecule has 4 aliphatic rings.